The summed E-state index contributed by atoms with van der Waals surface area (Å²) in [7, 11) is 0. The minimum Gasteiger partial charge on any atom is -0.326 e. The Labute approximate surface area is 138 Å². The molecular formula is C18H27N3O2. The van der Waals surface area contributed by atoms with E-state index in [0.29, 0.717) is 23.2 Å². The number of anilines is 2. The number of nitrogens with one attached hydrogen (secondary N) is 2. The standard InChI is InChI=1S/C18H27N3O2/c1-12-8-13(2)11-21(10-12)14(3)18(23)20-17-7-5-6-16(9-17)19-15(4)22/h5-7,9,12-14H,8,10-11H2,1-4H3,(H,19,22)(H,20,23). The van der Waals surface area contributed by atoms with Crippen molar-refractivity contribution in [2.45, 2.75) is 40.2 Å². The molecule has 1 aliphatic heterocycles. The van der Waals surface area contributed by atoms with Crippen molar-refractivity contribution < 1.29 is 9.59 Å². The number of nitrogens with zero attached hydrogens (tertiary/aromatic N) is 1. The molecule has 1 fully saturated rings. The molecule has 0 spiro atoms. The number of likely N-dealkylation sites (tertiary alicyclic amines) is 1. The summed E-state index contributed by atoms with van der Waals surface area (Å²) in [4.78, 5) is 25.9. The van der Waals surface area contributed by atoms with Crippen LogP contribution >= 0.6 is 0 Å². The number of piperidine rings is 1. The SMILES string of the molecule is CC(=O)Nc1cccc(NC(=O)C(C)N2CC(C)CC(C)C2)c1. The van der Waals surface area contributed by atoms with E-state index in [4.69, 9.17) is 0 Å². The molecular weight excluding hydrogens is 290 g/mol. The highest BCUT2D eigenvalue weighted by molar-refractivity contribution is 5.96. The third-order valence-corrected chi connectivity index (χ3v) is 4.27. The summed E-state index contributed by atoms with van der Waals surface area (Å²) in [5.74, 6) is 1.11. The Hall–Kier alpha value is -1.88. The summed E-state index contributed by atoms with van der Waals surface area (Å²) in [5.41, 5.74) is 1.38. The van der Waals surface area contributed by atoms with E-state index in [9.17, 15) is 9.59 Å². The van der Waals surface area contributed by atoms with Crippen molar-refractivity contribution in [1.29, 1.82) is 0 Å². The highest BCUT2D eigenvalue weighted by Gasteiger charge is 2.28. The number of hydrogen-bond donors (Lipinski definition) is 2. The molecule has 0 aromatic heterocycles. The smallest absolute Gasteiger partial charge is 0.241 e. The van der Waals surface area contributed by atoms with Gasteiger partial charge in [-0.1, -0.05) is 19.9 Å². The predicted octanol–water partition coefficient (Wildman–Crippen LogP) is 2.95. The molecule has 1 aliphatic rings. The average Bonchev–Trinajstić information content (AvgIpc) is 2.45. The first-order chi connectivity index (χ1) is 10.8. The van der Waals surface area contributed by atoms with Gasteiger partial charge in [-0.3, -0.25) is 14.5 Å². The number of amides is 2. The maximum absolute atomic E-state index is 12.5. The highest BCUT2D eigenvalue weighted by atomic mass is 16.2. The third kappa shape index (κ3) is 5.06. The van der Waals surface area contributed by atoms with Gasteiger partial charge >= 0.3 is 0 Å². The van der Waals surface area contributed by atoms with E-state index in [0.717, 1.165) is 13.1 Å². The predicted molar refractivity (Wildman–Crippen MR) is 93.4 cm³/mol. The van der Waals surface area contributed by atoms with Crippen LogP contribution in [0.15, 0.2) is 24.3 Å². The molecule has 5 nitrogen and oxygen atoms in total. The van der Waals surface area contributed by atoms with Crippen LogP contribution in [-0.2, 0) is 9.59 Å². The van der Waals surface area contributed by atoms with E-state index in [1.54, 1.807) is 12.1 Å². The quantitative estimate of drug-likeness (QED) is 0.897. The fourth-order valence-electron chi connectivity index (χ4n) is 3.32. The van der Waals surface area contributed by atoms with Gasteiger partial charge in [-0.15, -0.1) is 0 Å². The zero-order valence-corrected chi connectivity index (χ0v) is 14.4. The number of rotatable bonds is 4. The number of carbonyl (C=O) groups is 2. The second kappa shape index (κ2) is 7.59. The lowest BCUT2D eigenvalue weighted by molar-refractivity contribution is -0.121. The van der Waals surface area contributed by atoms with Gasteiger partial charge in [0, 0.05) is 31.4 Å². The van der Waals surface area contributed by atoms with Crippen molar-refractivity contribution in [2.75, 3.05) is 23.7 Å². The molecule has 0 bridgehead atoms. The lowest BCUT2D eigenvalue weighted by Crippen LogP contribution is -2.48. The van der Waals surface area contributed by atoms with Crippen molar-refractivity contribution in [1.82, 2.24) is 4.90 Å². The minimum absolute atomic E-state index is 0.00808. The first kappa shape index (κ1) is 17.5. The van der Waals surface area contributed by atoms with Gasteiger partial charge in [0.15, 0.2) is 0 Å². The summed E-state index contributed by atoms with van der Waals surface area (Å²) < 4.78 is 0. The number of benzene rings is 1. The Morgan fingerprint density at radius 1 is 1.13 bits per heavy atom. The summed E-state index contributed by atoms with van der Waals surface area (Å²) in [5, 5.41) is 5.67. The average molecular weight is 317 g/mol. The van der Waals surface area contributed by atoms with Gasteiger partial charge in [-0.05, 0) is 43.4 Å². The normalized spacial score (nSPS) is 23.1. The molecule has 1 aromatic rings. The monoisotopic (exact) mass is 317 g/mol. The van der Waals surface area contributed by atoms with E-state index in [2.05, 4.69) is 29.4 Å². The van der Waals surface area contributed by atoms with Crippen LogP contribution in [0.25, 0.3) is 0 Å². The Bertz CT molecular complexity index is 563. The molecule has 0 aliphatic carbocycles. The van der Waals surface area contributed by atoms with Crippen molar-refractivity contribution >= 4 is 23.2 Å². The lowest BCUT2D eigenvalue weighted by Gasteiger charge is -2.38. The number of carbonyl (C=O) groups excluding carboxylic acids is 2. The van der Waals surface area contributed by atoms with Gasteiger partial charge in [-0.2, -0.15) is 0 Å². The molecule has 2 rings (SSSR count). The second-order valence-corrected chi connectivity index (χ2v) is 6.83. The van der Waals surface area contributed by atoms with Crippen molar-refractivity contribution in [2.24, 2.45) is 11.8 Å². The minimum atomic E-state index is -0.162. The Morgan fingerprint density at radius 3 is 2.26 bits per heavy atom. The van der Waals surface area contributed by atoms with E-state index in [-0.39, 0.29) is 17.9 Å². The molecule has 2 amide bonds. The molecule has 1 heterocycles. The fraction of sp³-hybridized carbons (Fsp3) is 0.556. The third-order valence-electron chi connectivity index (χ3n) is 4.27. The van der Waals surface area contributed by atoms with Gasteiger partial charge in [0.1, 0.15) is 0 Å². The second-order valence-electron chi connectivity index (χ2n) is 6.83. The van der Waals surface area contributed by atoms with Crippen LogP contribution in [0.2, 0.25) is 0 Å². The Balaban J connectivity index is 1.99. The van der Waals surface area contributed by atoms with Crippen molar-refractivity contribution in [3.63, 3.8) is 0 Å². The Morgan fingerprint density at radius 2 is 1.70 bits per heavy atom. The summed E-state index contributed by atoms with van der Waals surface area (Å²) in [6.45, 7) is 9.83. The molecule has 1 aromatic carbocycles. The number of hydrogen-bond acceptors (Lipinski definition) is 3. The zero-order chi connectivity index (χ0) is 17.0. The summed E-state index contributed by atoms with van der Waals surface area (Å²) in [6, 6.07) is 7.06. The van der Waals surface area contributed by atoms with E-state index < -0.39 is 0 Å². The van der Waals surface area contributed by atoms with E-state index in [1.807, 2.05) is 19.1 Å². The topological polar surface area (TPSA) is 61.4 Å². The first-order valence-electron chi connectivity index (χ1n) is 8.27. The molecule has 0 radical (unpaired) electrons. The molecule has 3 atom stereocenters. The molecule has 126 valence electrons. The van der Waals surface area contributed by atoms with Crippen LogP contribution in [-0.4, -0.2) is 35.8 Å². The molecule has 0 saturated carbocycles. The maximum atomic E-state index is 12.5. The zero-order valence-electron chi connectivity index (χ0n) is 14.4. The Kier molecular flexibility index (Phi) is 5.77. The summed E-state index contributed by atoms with van der Waals surface area (Å²) >= 11 is 0. The lowest BCUT2D eigenvalue weighted by atomic mass is 9.91. The highest BCUT2D eigenvalue weighted by Crippen LogP contribution is 2.23. The molecule has 3 unspecified atom stereocenters. The van der Waals surface area contributed by atoms with E-state index >= 15 is 0 Å². The summed E-state index contributed by atoms with van der Waals surface area (Å²) in [6.07, 6.45) is 1.23. The molecule has 1 saturated heterocycles. The van der Waals surface area contributed by atoms with Gasteiger partial charge in [-0.25, -0.2) is 0 Å². The van der Waals surface area contributed by atoms with Crippen LogP contribution in [0, 0.1) is 11.8 Å². The van der Waals surface area contributed by atoms with Gasteiger partial charge in [0.2, 0.25) is 11.8 Å². The van der Waals surface area contributed by atoms with Crippen LogP contribution in [0.5, 0.6) is 0 Å². The molecule has 2 N–H and O–H groups in total. The maximum Gasteiger partial charge on any atom is 0.241 e. The van der Waals surface area contributed by atoms with Crippen LogP contribution in [0.1, 0.15) is 34.1 Å². The molecule has 5 heteroatoms. The fourth-order valence-corrected chi connectivity index (χ4v) is 3.32. The van der Waals surface area contributed by atoms with Crippen LogP contribution in [0.4, 0.5) is 11.4 Å². The van der Waals surface area contributed by atoms with Crippen molar-refractivity contribution in [3.8, 4) is 0 Å². The largest absolute Gasteiger partial charge is 0.326 e. The first-order valence-corrected chi connectivity index (χ1v) is 8.27. The van der Waals surface area contributed by atoms with Gasteiger partial charge in [0.05, 0.1) is 6.04 Å². The van der Waals surface area contributed by atoms with Gasteiger partial charge in [0.25, 0.3) is 0 Å². The molecule has 23 heavy (non-hydrogen) atoms. The van der Waals surface area contributed by atoms with Gasteiger partial charge < -0.3 is 10.6 Å². The van der Waals surface area contributed by atoms with E-state index in [1.165, 1.54) is 13.3 Å². The van der Waals surface area contributed by atoms with Crippen LogP contribution < -0.4 is 10.6 Å². The van der Waals surface area contributed by atoms with Crippen molar-refractivity contribution in [3.05, 3.63) is 24.3 Å². The van der Waals surface area contributed by atoms with Crippen LogP contribution in [0.3, 0.4) is 0 Å².